The summed E-state index contributed by atoms with van der Waals surface area (Å²) in [5, 5.41) is 1.46. The van der Waals surface area contributed by atoms with E-state index in [4.69, 9.17) is 5.73 Å². The van der Waals surface area contributed by atoms with Gasteiger partial charge in [0.15, 0.2) is 0 Å². The van der Waals surface area contributed by atoms with Gasteiger partial charge in [0.25, 0.3) is 0 Å². The number of nitrogens with zero attached hydrogens (tertiary/aromatic N) is 4. The van der Waals surface area contributed by atoms with Crippen LogP contribution in [0.3, 0.4) is 0 Å². The molecule has 2 heterocycles. The molecule has 0 radical (unpaired) electrons. The Kier molecular flexibility index (Phi) is 7.25. The lowest BCUT2D eigenvalue weighted by molar-refractivity contribution is -0.182. The fraction of sp³-hybridized carbons (Fsp3) is 0.320. The van der Waals surface area contributed by atoms with Crippen molar-refractivity contribution in [3.63, 3.8) is 0 Å². The second kappa shape index (κ2) is 10.2. The minimum absolute atomic E-state index is 0.0304. The maximum atomic E-state index is 13.7. The quantitative estimate of drug-likeness (QED) is 0.526. The third-order valence-corrected chi connectivity index (χ3v) is 8.07. The molecule has 4 rings (SSSR count). The molecular formula is C25H29N5O5S. The van der Waals surface area contributed by atoms with E-state index in [0.717, 1.165) is 0 Å². The van der Waals surface area contributed by atoms with Gasteiger partial charge in [0, 0.05) is 18.7 Å². The standard InChI is InChI=1S/C25H29N5O5S/c1-3-12-28-16-23(31)29-18(2)25(33)27(14-20-10-7-11-21(13-20)24(26)32)15-22(29)30(28)36(34,35)17-19-8-5-4-6-9-19/h3-11,13,18,22H,1,12,14-17H2,2H3,(H2,26,32)/t18-,22-/m0/s1. The molecule has 2 fully saturated rings. The molecule has 2 aliphatic heterocycles. The van der Waals surface area contributed by atoms with Crippen LogP contribution in [0.2, 0.25) is 0 Å². The highest BCUT2D eigenvalue weighted by molar-refractivity contribution is 7.88. The van der Waals surface area contributed by atoms with Crippen molar-refractivity contribution in [2.45, 2.75) is 31.4 Å². The summed E-state index contributed by atoms with van der Waals surface area (Å²) in [5.41, 5.74) is 6.98. The zero-order chi connectivity index (χ0) is 26.0. The number of piperazine rings is 1. The Morgan fingerprint density at radius 3 is 2.47 bits per heavy atom. The van der Waals surface area contributed by atoms with Gasteiger partial charge in [-0.1, -0.05) is 48.5 Å². The van der Waals surface area contributed by atoms with Crippen molar-refractivity contribution < 1.29 is 22.8 Å². The number of amides is 3. The number of nitrogens with two attached hydrogens (primary N) is 1. The number of fused-ring (bicyclic) bond motifs is 1. The molecule has 0 saturated carbocycles. The van der Waals surface area contributed by atoms with Crippen LogP contribution in [0.4, 0.5) is 0 Å². The summed E-state index contributed by atoms with van der Waals surface area (Å²) >= 11 is 0. The molecule has 0 aromatic heterocycles. The first-order chi connectivity index (χ1) is 17.1. The van der Waals surface area contributed by atoms with E-state index >= 15 is 0 Å². The number of benzene rings is 2. The summed E-state index contributed by atoms with van der Waals surface area (Å²) in [6.45, 7) is 5.38. The first-order valence-electron chi connectivity index (χ1n) is 11.5. The number of carbonyl (C=O) groups excluding carboxylic acids is 3. The minimum atomic E-state index is -3.94. The van der Waals surface area contributed by atoms with Gasteiger partial charge in [-0.3, -0.25) is 14.4 Å². The zero-order valence-electron chi connectivity index (χ0n) is 20.0. The van der Waals surface area contributed by atoms with Crippen LogP contribution in [0.1, 0.15) is 28.4 Å². The summed E-state index contributed by atoms with van der Waals surface area (Å²) in [5.74, 6) is -1.48. The monoisotopic (exact) mass is 511 g/mol. The topological polar surface area (TPSA) is 124 Å². The lowest BCUT2D eigenvalue weighted by Gasteiger charge is -2.53. The van der Waals surface area contributed by atoms with E-state index in [1.54, 1.807) is 67.6 Å². The Bertz CT molecular complexity index is 1280. The van der Waals surface area contributed by atoms with Gasteiger partial charge >= 0.3 is 0 Å². The van der Waals surface area contributed by atoms with Gasteiger partial charge in [-0.15, -0.1) is 11.0 Å². The highest BCUT2D eigenvalue weighted by atomic mass is 32.2. The molecular weight excluding hydrogens is 482 g/mol. The van der Waals surface area contributed by atoms with E-state index in [0.29, 0.717) is 16.7 Å². The highest BCUT2D eigenvalue weighted by Gasteiger charge is 2.51. The lowest BCUT2D eigenvalue weighted by Crippen LogP contribution is -2.75. The Morgan fingerprint density at radius 2 is 1.81 bits per heavy atom. The molecule has 0 spiro atoms. The number of rotatable bonds is 8. The van der Waals surface area contributed by atoms with E-state index in [-0.39, 0.29) is 43.7 Å². The van der Waals surface area contributed by atoms with Crippen LogP contribution in [-0.2, 0) is 31.9 Å². The van der Waals surface area contributed by atoms with Gasteiger partial charge in [0.05, 0.1) is 18.8 Å². The van der Waals surface area contributed by atoms with Gasteiger partial charge in [-0.05, 0) is 30.2 Å². The molecule has 2 N–H and O–H groups in total. The van der Waals surface area contributed by atoms with Crippen LogP contribution in [0.25, 0.3) is 0 Å². The second-order valence-corrected chi connectivity index (χ2v) is 10.7. The molecule has 2 atom stereocenters. The lowest BCUT2D eigenvalue weighted by atomic mass is 10.1. The summed E-state index contributed by atoms with van der Waals surface area (Å²) in [7, 11) is -3.94. The molecule has 2 saturated heterocycles. The predicted octanol–water partition coefficient (Wildman–Crippen LogP) is 0.920. The summed E-state index contributed by atoms with van der Waals surface area (Å²) in [6.07, 6.45) is 0.616. The third kappa shape index (κ3) is 5.03. The molecule has 2 aromatic rings. The van der Waals surface area contributed by atoms with E-state index in [1.165, 1.54) is 19.2 Å². The van der Waals surface area contributed by atoms with Crippen LogP contribution >= 0.6 is 0 Å². The minimum Gasteiger partial charge on any atom is -0.366 e. The Hall–Kier alpha value is -3.54. The number of hydrogen-bond donors (Lipinski definition) is 1. The summed E-state index contributed by atoms with van der Waals surface area (Å²) < 4.78 is 28.7. The van der Waals surface area contributed by atoms with Crippen LogP contribution in [0.5, 0.6) is 0 Å². The van der Waals surface area contributed by atoms with Gasteiger partial charge < -0.3 is 15.5 Å². The largest absolute Gasteiger partial charge is 0.366 e. The predicted molar refractivity (Wildman–Crippen MR) is 133 cm³/mol. The van der Waals surface area contributed by atoms with E-state index in [9.17, 15) is 22.8 Å². The second-order valence-electron chi connectivity index (χ2n) is 8.89. The van der Waals surface area contributed by atoms with Crippen molar-refractivity contribution >= 4 is 27.7 Å². The maximum Gasteiger partial charge on any atom is 0.248 e. The number of sulfonamides is 1. The average molecular weight is 512 g/mol. The summed E-state index contributed by atoms with van der Waals surface area (Å²) in [6, 6.07) is 14.6. The third-order valence-electron chi connectivity index (χ3n) is 6.33. The zero-order valence-corrected chi connectivity index (χ0v) is 20.8. The molecule has 0 bridgehead atoms. The van der Waals surface area contributed by atoms with Crippen molar-refractivity contribution in [1.29, 1.82) is 0 Å². The Balaban J connectivity index is 1.69. The number of primary amides is 1. The molecule has 2 aliphatic rings. The normalized spacial score (nSPS) is 21.4. The number of carbonyl (C=O) groups is 3. The Morgan fingerprint density at radius 1 is 1.11 bits per heavy atom. The maximum absolute atomic E-state index is 13.7. The number of hydrazine groups is 1. The first-order valence-corrected chi connectivity index (χ1v) is 13.1. The first kappa shape index (κ1) is 25.5. The molecule has 0 unspecified atom stereocenters. The van der Waals surface area contributed by atoms with E-state index < -0.39 is 28.1 Å². The van der Waals surface area contributed by atoms with Crippen molar-refractivity contribution in [3.8, 4) is 0 Å². The van der Waals surface area contributed by atoms with Gasteiger partial charge in [-0.2, -0.15) is 0 Å². The highest BCUT2D eigenvalue weighted by Crippen LogP contribution is 2.30. The van der Waals surface area contributed by atoms with Gasteiger partial charge in [0.2, 0.25) is 27.7 Å². The SMILES string of the molecule is C=CCN1CC(=O)N2[C@@H](C)C(=O)N(Cc3cccc(C(N)=O)c3)C[C@@H]2N1S(=O)(=O)Cc1ccccc1. The van der Waals surface area contributed by atoms with E-state index in [1.807, 2.05) is 0 Å². The van der Waals surface area contributed by atoms with Crippen LogP contribution in [0.15, 0.2) is 67.3 Å². The van der Waals surface area contributed by atoms with Crippen LogP contribution < -0.4 is 5.73 Å². The molecule has 36 heavy (non-hydrogen) atoms. The molecule has 10 nitrogen and oxygen atoms in total. The summed E-state index contributed by atoms with van der Waals surface area (Å²) in [4.78, 5) is 40.8. The molecule has 190 valence electrons. The van der Waals surface area contributed by atoms with E-state index in [2.05, 4.69) is 6.58 Å². The van der Waals surface area contributed by atoms with Crippen molar-refractivity contribution in [2.75, 3.05) is 19.6 Å². The fourth-order valence-corrected chi connectivity index (χ4v) is 6.52. The van der Waals surface area contributed by atoms with Gasteiger partial charge in [0.1, 0.15) is 12.2 Å². The fourth-order valence-electron chi connectivity index (χ4n) is 4.76. The Labute approximate surface area is 210 Å². The van der Waals surface area contributed by atoms with Crippen LogP contribution in [-0.4, -0.2) is 77.2 Å². The molecule has 3 amide bonds. The average Bonchev–Trinajstić information content (AvgIpc) is 2.82. The smallest absolute Gasteiger partial charge is 0.248 e. The van der Waals surface area contributed by atoms with Crippen molar-refractivity contribution in [1.82, 2.24) is 19.2 Å². The molecule has 0 aliphatic carbocycles. The van der Waals surface area contributed by atoms with Crippen molar-refractivity contribution in [2.24, 2.45) is 5.73 Å². The number of hydrogen-bond acceptors (Lipinski definition) is 6. The van der Waals surface area contributed by atoms with Crippen LogP contribution in [0, 0.1) is 0 Å². The van der Waals surface area contributed by atoms with Gasteiger partial charge in [-0.25, -0.2) is 13.4 Å². The molecule has 2 aromatic carbocycles. The molecule has 11 heteroatoms. The van der Waals surface area contributed by atoms with Crippen molar-refractivity contribution in [3.05, 3.63) is 83.9 Å².